The lowest BCUT2D eigenvalue weighted by atomic mass is 9.80. The Morgan fingerprint density at radius 2 is 1.70 bits per heavy atom. The largest absolute Gasteiger partial charge is 0.493 e. The summed E-state index contributed by atoms with van der Waals surface area (Å²) < 4.78 is 28.1. The Morgan fingerprint density at radius 3 is 2.25 bits per heavy atom. The van der Waals surface area contributed by atoms with Gasteiger partial charge in [0.15, 0.2) is 0 Å². The lowest BCUT2D eigenvalue weighted by Crippen LogP contribution is -2.30. The third kappa shape index (κ3) is 3.94. The van der Waals surface area contributed by atoms with Gasteiger partial charge in [-0.2, -0.15) is 0 Å². The molecule has 4 N–H and O–H groups in total. The van der Waals surface area contributed by atoms with Gasteiger partial charge in [-0.25, -0.2) is 13.6 Å². The summed E-state index contributed by atoms with van der Waals surface area (Å²) >= 11 is 0. The first kappa shape index (κ1) is 15.3. The van der Waals surface area contributed by atoms with Gasteiger partial charge in [-0.1, -0.05) is 12.8 Å². The summed E-state index contributed by atoms with van der Waals surface area (Å²) in [6.07, 6.45) is 4.81. The Balaban J connectivity index is 1.93. The molecule has 1 aliphatic rings. The SMILES string of the molecule is NCC1CCCCC1COc1ccc(S(N)(=O)=O)cc1. The highest BCUT2D eigenvalue weighted by Gasteiger charge is 2.24. The summed E-state index contributed by atoms with van der Waals surface area (Å²) in [6.45, 7) is 1.34. The molecule has 1 aliphatic carbocycles. The summed E-state index contributed by atoms with van der Waals surface area (Å²) in [7, 11) is -3.64. The fourth-order valence-corrected chi connectivity index (χ4v) is 3.26. The molecule has 0 radical (unpaired) electrons. The zero-order valence-corrected chi connectivity index (χ0v) is 12.3. The summed E-state index contributed by atoms with van der Waals surface area (Å²) in [5, 5.41) is 5.05. The van der Waals surface area contributed by atoms with Crippen molar-refractivity contribution in [1.29, 1.82) is 0 Å². The van der Waals surface area contributed by atoms with Crippen LogP contribution in [0.3, 0.4) is 0 Å². The minimum absolute atomic E-state index is 0.0994. The Labute approximate surface area is 120 Å². The first-order valence-corrected chi connectivity index (χ1v) is 8.51. The van der Waals surface area contributed by atoms with E-state index >= 15 is 0 Å². The van der Waals surface area contributed by atoms with Crippen molar-refractivity contribution in [1.82, 2.24) is 0 Å². The molecule has 0 aliphatic heterocycles. The normalized spacial score (nSPS) is 23.5. The van der Waals surface area contributed by atoms with E-state index in [0.717, 1.165) is 6.42 Å². The second-order valence-electron chi connectivity index (χ2n) is 5.37. The van der Waals surface area contributed by atoms with Crippen LogP contribution in [0.5, 0.6) is 5.75 Å². The fourth-order valence-electron chi connectivity index (χ4n) is 2.74. The van der Waals surface area contributed by atoms with Crippen molar-refractivity contribution >= 4 is 10.0 Å². The molecule has 0 spiro atoms. The third-order valence-electron chi connectivity index (χ3n) is 3.99. The van der Waals surface area contributed by atoms with Crippen molar-refractivity contribution in [3.8, 4) is 5.75 Å². The zero-order chi connectivity index (χ0) is 14.6. The van der Waals surface area contributed by atoms with Crippen molar-refractivity contribution in [3.05, 3.63) is 24.3 Å². The second-order valence-corrected chi connectivity index (χ2v) is 6.93. The zero-order valence-electron chi connectivity index (χ0n) is 11.5. The molecule has 0 amide bonds. The van der Waals surface area contributed by atoms with Crippen LogP contribution in [-0.4, -0.2) is 21.6 Å². The van der Waals surface area contributed by atoms with Crippen LogP contribution in [0.1, 0.15) is 25.7 Å². The summed E-state index contributed by atoms with van der Waals surface area (Å²) in [4.78, 5) is 0.0994. The summed E-state index contributed by atoms with van der Waals surface area (Å²) in [6, 6.07) is 6.21. The summed E-state index contributed by atoms with van der Waals surface area (Å²) in [5.41, 5.74) is 5.79. The van der Waals surface area contributed by atoms with Gasteiger partial charge in [0.05, 0.1) is 11.5 Å². The van der Waals surface area contributed by atoms with E-state index in [9.17, 15) is 8.42 Å². The molecule has 2 atom stereocenters. The number of benzene rings is 1. The van der Waals surface area contributed by atoms with E-state index in [0.29, 0.717) is 30.7 Å². The predicted molar refractivity (Wildman–Crippen MR) is 77.8 cm³/mol. The third-order valence-corrected chi connectivity index (χ3v) is 4.91. The van der Waals surface area contributed by atoms with Gasteiger partial charge in [-0.05, 0) is 55.5 Å². The van der Waals surface area contributed by atoms with E-state index in [-0.39, 0.29) is 4.90 Å². The van der Waals surface area contributed by atoms with Crippen molar-refractivity contribution in [2.45, 2.75) is 30.6 Å². The molecule has 6 heteroatoms. The van der Waals surface area contributed by atoms with Crippen LogP contribution in [-0.2, 0) is 10.0 Å². The van der Waals surface area contributed by atoms with Crippen molar-refractivity contribution in [2.24, 2.45) is 22.7 Å². The smallest absolute Gasteiger partial charge is 0.238 e. The predicted octanol–water partition coefficient (Wildman–Crippen LogP) is 1.48. The van der Waals surface area contributed by atoms with Gasteiger partial charge in [-0.15, -0.1) is 0 Å². The van der Waals surface area contributed by atoms with Crippen LogP contribution in [0.4, 0.5) is 0 Å². The molecule has 1 fully saturated rings. The van der Waals surface area contributed by atoms with E-state index < -0.39 is 10.0 Å². The molecular formula is C14H22N2O3S. The van der Waals surface area contributed by atoms with E-state index in [1.165, 1.54) is 31.4 Å². The average Bonchev–Trinajstić information content (AvgIpc) is 2.45. The van der Waals surface area contributed by atoms with Gasteiger partial charge < -0.3 is 10.5 Å². The minimum Gasteiger partial charge on any atom is -0.493 e. The lowest BCUT2D eigenvalue weighted by Gasteiger charge is -2.30. The monoisotopic (exact) mass is 298 g/mol. The molecule has 2 unspecified atom stereocenters. The van der Waals surface area contributed by atoms with Gasteiger partial charge in [0.25, 0.3) is 0 Å². The standard InChI is InChI=1S/C14H22N2O3S/c15-9-11-3-1-2-4-12(11)10-19-13-5-7-14(8-6-13)20(16,17)18/h5-8,11-12H,1-4,9-10,15H2,(H2,16,17,18). The average molecular weight is 298 g/mol. The van der Waals surface area contributed by atoms with Crippen molar-refractivity contribution in [3.63, 3.8) is 0 Å². The quantitative estimate of drug-likeness (QED) is 0.860. The maximum atomic E-state index is 11.2. The Hall–Kier alpha value is -1.11. The minimum atomic E-state index is -3.64. The van der Waals surface area contributed by atoms with E-state index in [1.54, 1.807) is 12.1 Å². The van der Waals surface area contributed by atoms with E-state index in [2.05, 4.69) is 0 Å². The Bertz CT molecular complexity index is 528. The molecule has 112 valence electrons. The molecule has 5 nitrogen and oxygen atoms in total. The molecule has 0 bridgehead atoms. The number of sulfonamides is 1. The highest BCUT2D eigenvalue weighted by Crippen LogP contribution is 2.30. The van der Waals surface area contributed by atoms with Crippen LogP contribution < -0.4 is 15.6 Å². The number of hydrogen-bond acceptors (Lipinski definition) is 4. The molecule has 1 aromatic carbocycles. The van der Waals surface area contributed by atoms with Crippen LogP contribution in [0.15, 0.2) is 29.2 Å². The number of hydrogen-bond donors (Lipinski definition) is 2. The van der Waals surface area contributed by atoms with Crippen LogP contribution in [0, 0.1) is 11.8 Å². The highest BCUT2D eigenvalue weighted by molar-refractivity contribution is 7.89. The maximum absolute atomic E-state index is 11.2. The fraction of sp³-hybridized carbons (Fsp3) is 0.571. The van der Waals surface area contributed by atoms with Crippen molar-refractivity contribution < 1.29 is 13.2 Å². The molecule has 1 saturated carbocycles. The Kier molecular flexibility index (Phi) is 5.01. The van der Waals surface area contributed by atoms with Gasteiger partial charge in [-0.3, -0.25) is 0 Å². The Morgan fingerprint density at radius 1 is 1.10 bits per heavy atom. The van der Waals surface area contributed by atoms with Gasteiger partial charge >= 0.3 is 0 Å². The number of rotatable bonds is 5. The molecule has 2 rings (SSSR count). The van der Waals surface area contributed by atoms with E-state index in [1.807, 2.05) is 0 Å². The van der Waals surface area contributed by atoms with Gasteiger partial charge in [0.1, 0.15) is 5.75 Å². The molecular weight excluding hydrogens is 276 g/mol. The first-order chi connectivity index (χ1) is 9.50. The lowest BCUT2D eigenvalue weighted by molar-refractivity contribution is 0.153. The first-order valence-electron chi connectivity index (χ1n) is 6.96. The topological polar surface area (TPSA) is 95.4 Å². The van der Waals surface area contributed by atoms with Crippen LogP contribution in [0.25, 0.3) is 0 Å². The molecule has 0 aromatic heterocycles. The highest BCUT2D eigenvalue weighted by atomic mass is 32.2. The van der Waals surface area contributed by atoms with Gasteiger partial charge in [0.2, 0.25) is 10.0 Å². The van der Waals surface area contributed by atoms with Crippen LogP contribution >= 0.6 is 0 Å². The molecule has 20 heavy (non-hydrogen) atoms. The molecule has 1 aromatic rings. The number of primary sulfonamides is 1. The number of nitrogens with two attached hydrogens (primary N) is 2. The summed E-state index contributed by atoms with van der Waals surface area (Å²) in [5.74, 6) is 1.69. The number of ether oxygens (including phenoxy) is 1. The van der Waals surface area contributed by atoms with Gasteiger partial charge in [0, 0.05) is 0 Å². The van der Waals surface area contributed by atoms with Crippen molar-refractivity contribution in [2.75, 3.05) is 13.2 Å². The molecule has 0 heterocycles. The molecule has 0 saturated heterocycles. The second kappa shape index (κ2) is 6.56. The van der Waals surface area contributed by atoms with E-state index in [4.69, 9.17) is 15.6 Å². The van der Waals surface area contributed by atoms with Crippen LogP contribution in [0.2, 0.25) is 0 Å². The maximum Gasteiger partial charge on any atom is 0.238 e.